The Bertz CT molecular complexity index is 796. The zero-order valence-corrected chi connectivity index (χ0v) is 15.9. The van der Waals surface area contributed by atoms with E-state index in [2.05, 4.69) is 15.5 Å². The predicted molar refractivity (Wildman–Crippen MR) is 108 cm³/mol. The largest absolute Gasteiger partial charge is 0.325 e. The molecule has 0 aromatic heterocycles. The summed E-state index contributed by atoms with van der Waals surface area (Å²) in [5, 5.41) is 5.85. The first-order chi connectivity index (χ1) is 13.0. The van der Waals surface area contributed by atoms with Gasteiger partial charge in [0.2, 0.25) is 5.91 Å². The van der Waals surface area contributed by atoms with Gasteiger partial charge in [0.05, 0.1) is 6.54 Å². The molecule has 0 aliphatic carbocycles. The SMILES string of the molecule is Cc1ccc(NC(=O)CN2CCN(C(=O)Nc3cccc(C)c3)CC2)cc1. The van der Waals surface area contributed by atoms with Crippen molar-refractivity contribution in [2.45, 2.75) is 13.8 Å². The van der Waals surface area contributed by atoms with Crippen LogP contribution in [0.3, 0.4) is 0 Å². The van der Waals surface area contributed by atoms with E-state index in [-0.39, 0.29) is 11.9 Å². The maximum Gasteiger partial charge on any atom is 0.321 e. The van der Waals surface area contributed by atoms with E-state index in [1.807, 2.05) is 62.4 Å². The Morgan fingerprint density at radius 3 is 2.22 bits per heavy atom. The van der Waals surface area contributed by atoms with E-state index in [9.17, 15) is 9.59 Å². The normalized spacial score (nSPS) is 14.7. The van der Waals surface area contributed by atoms with Crippen molar-refractivity contribution in [1.82, 2.24) is 9.80 Å². The molecule has 6 heteroatoms. The lowest BCUT2D eigenvalue weighted by Crippen LogP contribution is -2.51. The van der Waals surface area contributed by atoms with E-state index in [0.717, 1.165) is 22.5 Å². The Kier molecular flexibility index (Phi) is 6.08. The first kappa shape index (κ1) is 18.9. The number of rotatable bonds is 4. The molecular formula is C21H26N4O2. The second-order valence-electron chi connectivity index (χ2n) is 6.98. The number of carbonyl (C=O) groups is 2. The van der Waals surface area contributed by atoms with Crippen LogP contribution < -0.4 is 10.6 Å². The van der Waals surface area contributed by atoms with E-state index < -0.39 is 0 Å². The Morgan fingerprint density at radius 2 is 1.56 bits per heavy atom. The van der Waals surface area contributed by atoms with Crippen molar-refractivity contribution in [1.29, 1.82) is 0 Å². The highest BCUT2D eigenvalue weighted by molar-refractivity contribution is 5.92. The highest BCUT2D eigenvalue weighted by Crippen LogP contribution is 2.12. The van der Waals surface area contributed by atoms with Crippen LogP contribution in [0, 0.1) is 13.8 Å². The molecule has 0 saturated carbocycles. The van der Waals surface area contributed by atoms with Crippen LogP contribution in [-0.4, -0.2) is 54.5 Å². The van der Waals surface area contributed by atoms with Gasteiger partial charge in [0.1, 0.15) is 0 Å². The molecule has 0 unspecified atom stereocenters. The van der Waals surface area contributed by atoms with Crippen LogP contribution >= 0.6 is 0 Å². The molecule has 2 N–H and O–H groups in total. The molecule has 2 aromatic rings. The highest BCUT2D eigenvalue weighted by atomic mass is 16.2. The number of hydrogen-bond acceptors (Lipinski definition) is 3. The molecule has 6 nitrogen and oxygen atoms in total. The maximum atomic E-state index is 12.4. The standard InChI is InChI=1S/C21H26N4O2/c1-16-6-8-18(9-7-16)22-20(26)15-24-10-12-25(13-11-24)21(27)23-19-5-3-4-17(2)14-19/h3-9,14H,10-13,15H2,1-2H3,(H,22,26)(H,23,27). The van der Waals surface area contributed by atoms with Gasteiger partial charge in [-0.1, -0.05) is 29.8 Å². The second-order valence-corrected chi connectivity index (χ2v) is 6.98. The summed E-state index contributed by atoms with van der Waals surface area (Å²) >= 11 is 0. The number of carbonyl (C=O) groups excluding carboxylic acids is 2. The van der Waals surface area contributed by atoms with E-state index in [4.69, 9.17) is 0 Å². The monoisotopic (exact) mass is 366 g/mol. The number of urea groups is 1. The van der Waals surface area contributed by atoms with E-state index in [1.54, 1.807) is 4.90 Å². The third-order valence-electron chi connectivity index (χ3n) is 4.63. The van der Waals surface area contributed by atoms with Crippen LogP contribution in [0.2, 0.25) is 0 Å². The van der Waals surface area contributed by atoms with Gasteiger partial charge in [-0.05, 0) is 43.7 Å². The predicted octanol–water partition coefficient (Wildman–Crippen LogP) is 3.09. The molecule has 1 fully saturated rings. The van der Waals surface area contributed by atoms with Crippen molar-refractivity contribution in [3.63, 3.8) is 0 Å². The minimum absolute atomic E-state index is 0.0310. The van der Waals surface area contributed by atoms with Gasteiger partial charge < -0.3 is 15.5 Å². The minimum atomic E-state index is -0.0932. The zero-order valence-electron chi connectivity index (χ0n) is 15.9. The maximum absolute atomic E-state index is 12.4. The fraction of sp³-hybridized carbons (Fsp3) is 0.333. The molecule has 0 bridgehead atoms. The molecular weight excluding hydrogens is 340 g/mol. The lowest BCUT2D eigenvalue weighted by atomic mass is 10.2. The number of piperazine rings is 1. The van der Waals surface area contributed by atoms with Crippen molar-refractivity contribution in [3.8, 4) is 0 Å². The second kappa shape index (κ2) is 8.68. The summed E-state index contributed by atoms with van der Waals surface area (Å²) in [7, 11) is 0. The van der Waals surface area contributed by atoms with Crippen molar-refractivity contribution in [2.75, 3.05) is 43.4 Å². The first-order valence-electron chi connectivity index (χ1n) is 9.21. The van der Waals surface area contributed by atoms with Crippen molar-refractivity contribution >= 4 is 23.3 Å². The summed E-state index contributed by atoms with van der Waals surface area (Å²) in [5.41, 5.74) is 3.88. The lowest BCUT2D eigenvalue weighted by Gasteiger charge is -2.34. The molecule has 3 amide bonds. The number of nitrogens with zero attached hydrogens (tertiary/aromatic N) is 2. The molecule has 0 spiro atoms. The molecule has 1 heterocycles. The quantitative estimate of drug-likeness (QED) is 0.874. The number of aryl methyl sites for hydroxylation is 2. The lowest BCUT2D eigenvalue weighted by molar-refractivity contribution is -0.117. The number of hydrogen-bond donors (Lipinski definition) is 2. The molecule has 1 saturated heterocycles. The van der Waals surface area contributed by atoms with Gasteiger partial charge >= 0.3 is 6.03 Å². The minimum Gasteiger partial charge on any atom is -0.325 e. The van der Waals surface area contributed by atoms with E-state index in [0.29, 0.717) is 32.7 Å². The van der Waals surface area contributed by atoms with Crippen molar-refractivity contribution in [3.05, 3.63) is 59.7 Å². The smallest absolute Gasteiger partial charge is 0.321 e. The molecule has 27 heavy (non-hydrogen) atoms. The first-order valence-corrected chi connectivity index (χ1v) is 9.21. The van der Waals surface area contributed by atoms with Gasteiger partial charge in [0.25, 0.3) is 0 Å². The fourth-order valence-electron chi connectivity index (χ4n) is 3.07. The molecule has 1 aliphatic heterocycles. The summed E-state index contributed by atoms with van der Waals surface area (Å²) in [5.74, 6) is -0.0310. The Labute approximate surface area is 160 Å². The van der Waals surface area contributed by atoms with Gasteiger partial charge in [-0.25, -0.2) is 4.79 Å². The molecule has 0 radical (unpaired) electrons. The average Bonchev–Trinajstić information content (AvgIpc) is 2.64. The highest BCUT2D eigenvalue weighted by Gasteiger charge is 2.22. The number of benzene rings is 2. The fourth-order valence-corrected chi connectivity index (χ4v) is 3.07. The number of nitrogens with one attached hydrogen (secondary N) is 2. The Balaban J connectivity index is 1.43. The van der Waals surface area contributed by atoms with Gasteiger partial charge in [-0.2, -0.15) is 0 Å². The zero-order chi connectivity index (χ0) is 19.2. The summed E-state index contributed by atoms with van der Waals surface area (Å²) in [6.07, 6.45) is 0. The topological polar surface area (TPSA) is 64.7 Å². The van der Waals surface area contributed by atoms with Gasteiger partial charge in [-0.3, -0.25) is 9.69 Å². The number of amides is 3. The summed E-state index contributed by atoms with van der Waals surface area (Å²) < 4.78 is 0. The Hall–Kier alpha value is -2.86. The van der Waals surface area contributed by atoms with Crippen LogP contribution in [0.15, 0.2) is 48.5 Å². The molecule has 3 rings (SSSR count). The summed E-state index contributed by atoms with van der Waals surface area (Å²) in [6, 6.07) is 15.4. The van der Waals surface area contributed by atoms with Gasteiger partial charge in [-0.15, -0.1) is 0 Å². The van der Waals surface area contributed by atoms with E-state index in [1.165, 1.54) is 0 Å². The third-order valence-corrected chi connectivity index (χ3v) is 4.63. The average molecular weight is 366 g/mol. The molecule has 1 aliphatic rings. The van der Waals surface area contributed by atoms with Gasteiger partial charge in [0.15, 0.2) is 0 Å². The van der Waals surface area contributed by atoms with Crippen LogP contribution in [0.5, 0.6) is 0 Å². The number of anilines is 2. The van der Waals surface area contributed by atoms with Crippen molar-refractivity contribution < 1.29 is 9.59 Å². The van der Waals surface area contributed by atoms with Crippen molar-refractivity contribution in [2.24, 2.45) is 0 Å². The summed E-state index contributed by atoms with van der Waals surface area (Å²) in [6.45, 7) is 6.92. The van der Waals surface area contributed by atoms with Crippen LogP contribution in [0.1, 0.15) is 11.1 Å². The van der Waals surface area contributed by atoms with Crippen LogP contribution in [-0.2, 0) is 4.79 Å². The third kappa shape index (κ3) is 5.56. The van der Waals surface area contributed by atoms with Crippen LogP contribution in [0.4, 0.5) is 16.2 Å². The Morgan fingerprint density at radius 1 is 0.852 bits per heavy atom. The van der Waals surface area contributed by atoms with E-state index >= 15 is 0 Å². The molecule has 2 aromatic carbocycles. The van der Waals surface area contributed by atoms with Crippen LogP contribution in [0.25, 0.3) is 0 Å². The molecule has 0 atom stereocenters. The molecule has 142 valence electrons. The summed E-state index contributed by atoms with van der Waals surface area (Å²) in [4.78, 5) is 28.5. The van der Waals surface area contributed by atoms with Gasteiger partial charge in [0, 0.05) is 37.6 Å².